The molecular weight excluding hydrogens is 375 g/mol. The molecule has 2 rings (SSSR count). The number of thioether (sulfide) groups is 1. The van der Waals surface area contributed by atoms with Crippen LogP contribution in [0.2, 0.25) is 0 Å². The van der Waals surface area contributed by atoms with Crippen molar-refractivity contribution < 1.29 is 17.6 Å². The van der Waals surface area contributed by atoms with E-state index in [1.807, 2.05) is 6.26 Å². The average molecular weight is 397 g/mol. The van der Waals surface area contributed by atoms with Gasteiger partial charge < -0.3 is 5.32 Å². The summed E-state index contributed by atoms with van der Waals surface area (Å²) in [6.07, 6.45) is 1.89. The van der Waals surface area contributed by atoms with Crippen LogP contribution in [-0.2, 0) is 14.8 Å². The smallest absolute Gasteiger partial charge is 0.264 e. The van der Waals surface area contributed by atoms with E-state index in [-0.39, 0.29) is 16.6 Å². The van der Waals surface area contributed by atoms with Crippen LogP contribution in [0.15, 0.2) is 58.3 Å². The van der Waals surface area contributed by atoms with Crippen LogP contribution in [0.1, 0.15) is 13.8 Å². The standard InChI is InChI=1S/C18H21FN2O3S2/c1-13(2)20-18(22)12-21(15-6-4-5-14(19)11-15)26(23,24)17-9-7-16(25-3)8-10-17/h4-11,13H,12H2,1-3H3,(H,20,22). The van der Waals surface area contributed by atoms with Crippen molar-refractivity contribution in [3.8, 4) is 0 Å². The summed E-state index contributed by atoms with van der Waals surface area (Å²) in [4.78, 5) is 13.1. The van der Waals surface area contributed by atoms with E-state index in [9.17, 15) is 17.6 Å². The molecule has 0 aliphatic heterocycles. The largest absolute Gasteiger partial charge is 0.352 e. The Morgan fingerprint density at radius 2 is 1.85 bits per heavy atom. The molecule has 5 nitrogen and oxygen atoms in total. The highest BCUT2D eigenvalue weighted by Gasteiger charge is 2.27. The molecule has 1 N–H and O–H groups in total. The van der Waals surface area contributed by atoms with E-state index in [0.29, 0.717) is 0 Å². The fourth-order valence-electron chi connectivity index (χ4n) is 2.32. The van der Waals surface area contributed by atoms with Crippen LogP contribution in [0.4, 0.5) is 10.1 Å². The summed E-state index contributed by atoms with van der Waals surface area (Å²) in [6, 6.07) is 11.4. The van der Waals surface area contributed by atoms with Crippen LogP contribution in [-0.4, -0.2) is 33.2 Å². The van der Waals surface area contributed by atoms with Crippen molar-refractivity contribution in [1.82, 2.24) is 5.32 Å². The van der Waals surface area contributed by atoms with Gasteiger partial charge in [-0.15, -0.1) is 11.8 Å². The van der Waals surface area contributed by atoms with Gasteiger partial charge in [-0.3, -0.25) is 9.10 Å². The second-order valence-electron chi connectivity index (χ2n) is 5.89. The lowest BCUT2D eigenvalue weighted by molar-refractivity contribution is -0.120. The Morgan fingerprint density at radius 1 is 1.19 bits per heavy atom. The number of carbonyl (C=O) groups excluding carboxylic acids is 1. The minimum Gasteiger partial charge on any atom is -0.352 e. The lowest BCUT2D eigenvalue weighted by Crippen LogP contribution is -2.42. The number of benzene rings is 2. The van der Waals surface area contributed by atoms with Gasteiger partial charge in [0.2, 0.25) is 5.91 Å². The van der Waals surface area contributed by atoms with Crippen molar-refractivity contribution in [3.63, 3.8) is 0 Å². The summed E-state index contributed by atoms with van der Waals surface area (Å²) in [6.45, 7) is 3.12. The first kappa shape index (κ1) is 20.3. The Kier molecular flexibility index (Phi) is 6.66. The maximum atomic E-state index is 13.6. The third-order valence-corrected chi connectivity index (χ3v) is 6.01. The van der Waals surface area contributed by atoms with Gasteiger partial charge in [0.1, 0.15) is 12.4 Å². The van der Waals surface area contributed by atoms with Gasteiger partial charge in [-0.05, 0) is 62.6 Å². The van der Waals surface area contributed by atoms with Crippen LogP contribution in [0.5, 0.6) is 0 Å². The Hall–Kier alpha value is -2.06. The number of nitrogens with zero attached hydrogens (tertiary/aromatic N) is 1. The van der Waals surface area contributed by atoms with E-state index in [2.05, 4.69) is 5.32 Å². The maximum absolute atomic E-state index is 13.6. The predicted octanol–water partition coefficient (Wildman–Crippen LogP) is 3.27. The van der Waals surface area contributed by atoms with E-state index in [0.717, 1.165) is 15.3 Å². The molecule has 0 radical (unpaired) electrons. The van der Waals surface area contributed by atoms with Crippen molar-refractivity contribution in [1.29, 1.82) is 0 Å². The van der Waals surface area contributed by atoms with Gasteiger partial charge in [0, 0.05) is 10.9 Å². The zero-order chi connectivity index (χ0) is 19.3. The molecule has 0 unspecified atom stereocenters. The van der Waals surface area contributed by atoms with Gasteiger partial charge >= 0.3 is 0 Å². The van der Waals surface area contributed by atoms with E-state index in [1.165, 1.54) is 42.1 Å². The van der Waals surface area contributed by atoms with Crippen LogP contribution in [0.25, 0.3) is 0 Å². The topological polar surface area (TPSA) is 66.5 Å². The molecule has 0 saturated heterocycles. The second kappa shape index (κ2) is 8.55. The summed E-state index contributed by atoms with van der Waals surface area (Å²) in [5.41, 5.74) is 0.0952. The zero-order valence-electron chi connectivity index (χ0n) is 14.8. The van der Waals surface area contributed by atoms with Crippen molar-refractivity contribution in [2.75, 3.05) is 17.1 Å². The Labute approximate surface area is 157 Å². The number of hydrogen-bond acceptors (Lipinski definition) is 4. The Balaban J connectivity index is 2.45. The molecule has 0 aliphatic carbocycles. The molecule has 0 saturated carbocycles. The summed E-state index contributed by atoms with van der Waals surface area (Å²) in [5, 5.41) is 2.66. The summed E-state index contributed by atoms with van der Waals surface area (Å²) < 4.78 is 40.7. The number of halogens is 1. The number of nitrogens with one attached hydrogen (secondary N) is 1. The fourth-order valence-corrected chi connectivity index (χ4v) is 4.14. The molecule has 26 heavy (non-hydrogen) atoms. The van der Waals surface area contributed by atoms with Crippen LogP contribution >= 0.6 is 11.8 Å². The fraction of sp³-hybridized carbons (Fsp3) is 0.278. The first-order valence-electron chi connectivity index (χ1n) is 7.96. The van der Waals surface area contributed by atoms with E-state index < -0.39 is 28.3 Å². The second-order valence-corrected chi connectivity index (χ2v) is 8.63. The molecule has 0 aliphatic rings. The SMILES string of the molecule is CSc1ccc(S(=O)(=O)N(CC(=O)NC(C)C)c2cccc(F)c2)cc1. The first-order chi connectivity index (χ1) is 12.2. The molecule has 8 heteroatoms. The quantitative estimate of drug-likeness (QED) is 0.730. The van der Waals surface area contributed by atoms with Gasteiger partial charge in [0.05, 0.1) is 10.6 Å². The Morgan fingerprint density at radius 3 is 2.38 bits per heavy atom. The third kappa shape index (κ3) is 4.98. The number of carbonyl (C=O) groups is 1. The summed E-state index contributed by atoms with van der Waals surface area (Å²) in [5.74, 6) is -1.04. The van der Waals surface area contributed by atoms with Gasteiger partial charge in [0.25, 0.3) is 10.0 Å². The molecule has 0 aromatic heterocycles. The number of sulfonamides is 1. The van der Waals surface area contributed by atoms with Gasteiger partial charge in [0.15, 0.2) is 0 Å². The lowest BCUT2D eigenvalue weighted by atomic mass is 10.3. The highest BCUT2D eigenvalue weighted by Crippen LogP contribution is 2.25. The van der Waals surface area contributed by atoms with Crippen LogP contribution in [0, 0.1) is 5.82 Å². The van der Waals surface area contributed by atoms with E-state index in [4.69, 9.17) is 0 Å². The maximum Gasteiger partial charge on any atom is 0.264 e. The number of amides is 1. The normalized spacial score (nSPS) is 11.4. The van der Waals surface area contributed by atoms with Crippen LogP contribution < -0.4 is 9.62 Å². The number of anilines is 1. The number of hydrogen-bond donors (Lipinski definition) is 1. The monoisotopic (exact) mass is 396 g/mol. The molecular formula is C18H21FN2O3S2. The molecule has 0 fully saturated rings. The molecule has 0 bridgehead atoms. The Bertz CT molecular complexity index is 868. The van der Waals surface area contributed by atoms with Gasteiger partial charge in [-0.1, -0.05) is 6.07 Å². The van der Waals surface area contributed by atoms with Gasteiger partial charge in [-0.25, -0.2) is 12.8 Å². The average Bonchev–Trinajstić information content (AvgIpc) is 2.59. The highest BCUT2D eigenvalue weighted by molar-refractivity contribution is 7.98. The van der Waals surface area contributed by atoms with Crippen molar-refractivity contribution in [2.24, 2.45) is 0 Å². The minimum atomic E-state index is -4.03. The van der Waals surface area contributed by atoms with Crippen LogP contribution in [0.3, 0.4) is 0 Å². The van der Waals surface area contributed by atoms with E-state index in [1.54, 1.807) is 26.0 Å². The molecule has 2 aromatic carbocycles. The number of rotatable bonds is 7. The van der Waals surface area contributed by atoms with Crippen molar-refractivity contribution in [2.45, 2.75) is 29.7 Å². The van der Waals surface area contributed by atoms with Crippen molar-refractivity contribution >= 4 is 33.4 Å². The first-order valence-corrected chi connectivity index (χ1v) is 10.6. The molecule has 0 spiro atoms. The molecule has 2 aromatic rings. The zero-order valence-corrected chi connectivity index (χ0v) is 16.4. The molecule has 0 heterocycles. The summed E-state index contributed by atoms with van der Waals surface area (Å²) >= 11 is 1.49. The van der Waals surface area contributed by atoms with E-state index >= 15 is 0 Å². The van der Waals surface area contributed by atoms with Gasteiger partial charge in [-0.2, -0.15) is 0 Å². The lowest BCUT2D eigenvalue weighted by Gasteiger charge is -2.24. The summed E-state index contributed by atoms with van der Waals surface area (Å²) in [7, 11) is -4.03. The minimum absolute atomic E-state index is 0.0388. The van der Waals surface area contributed by atoms with Crippen molar-refractivity contribution in [3.05, 3.63) is 54.3 Å². The highest BCUT2D eigenvalue weighted by atomic mass is 32.2. The molecule has 1 amide bonds. The molecule has 140 valence electrons. The predicted molar refractivity (Wildman–Crippen MR) is 102 cm³/mol. The third-order valence-electron chi connectivity index (χ3n) is 3.48. The molecule has 0 atom stereocenters.